The molecule has 12 heavy (non-hydrogen) atoms. The molecule has 0 radical (unpaired) electrons. The minimum Gasteiger partial charge on any atom is -0.464 e. The van der Waals surface area contributed by atoms with E-state index < -0.39 is 12.1 Å². The summed E-state index contributed by atoms with van der Waals surface area (Å²) < 4.78 is 4.69. The molecule has 1 rings (SSSR count). The number of aliphatic hydroxyl groups excluding tert-OH is 1. The standard InChI is InChI=1S/C8H15NO3/c1-2-12-7(11)6(10)8(5-9)3-4-8/h6,10H,2-5,9H2,1H3. The van der Waals surface area contributed by atoms with Crippen LogP contribution in [-0.4, -0.2) is 30.3 Å². The summed E-state index contributed by atoms with van der Waals surface area (Å²) in [7, 11) is 0. The van der Waals surface area contributed by atoms with E-state index in [0.717, 1.165) is 12.8 Å². The van der Waals surface area contributed by atoms with Crippen LogP contribution < -0.4 is 5.73 Å². The van der Waals surface area contributed by atoms with E-state index >= 15 is 0 Å². The van der Waals surface area contributed by atoms with Crippen molar-refractivity contribution in [2.75, 3.05) is 13.2 Å². The van der Waals surface area contributed by atoms with Gasteiger partial charge in [0.1, 0.15) is 0 Å². The van der Waals surface area contributed by atoms with Gasteiger partial charge in [0.05, 0.1) is 6.61 Å². The van der Waals surface area contributed by atoms with E-state index in [4.69, 9.17) is 5.73 Å². The zero-order chi connectivity index (χ0) is 9.19. The van der Waals surface area contributed by atoms with Gasteiger partial charge in [0.2, 0.25) is 0 Å². The van der Waals surface area contributed by atoms with Gasteiger partial charge in [-0.15, -0.1) is 0 Å². The zero-order valence-electron chi connectivity index (χ0n) is 7.25. The Balaban J connectivity index is 2.46. The maximum absolute atomic E-state index is 11.1. The third kappa shape index (κ3) is 1.59. The number of aliphatic hydroxyl groups is 1. The Hall–Kier alpha value is -0.610. The Bertz CT molecular complexity index is 177. The average Bonchev–Trinajstić information content (AvgIpc) is 2.84. The molecule has 0 aliphatic heterocycles. The van der Waals surface area contributed by atoms with Crippen LogP contribution in [-0.2, 0) is 9.53 Å². The molecule has 1 aliphatic rings. The molecular weight excluding hydrogens is 158 g/mol. The van der Waals surface area contributed by atoms with Gasteiger partial charge in [-0.05, 0) is 19.8 Å². The second-order valence-corrected chi connectivity index (χ2v) is 3.22. The molecule has 3 N–H and O–H groups in total. The van der Waals surface area contributed by atoms with Crippen molar-refractivity contribution in [2.24, 2.45) is 11.1 Å². The lowest BCUT2D eigenvalue weighted by molar-refractivity contribution is -0.156. The van der Waals surface area contributed by atoms with Crippen LogP contribution in [0.15, 0.2) is 0 Å². The third-order valence-corrected chi connectivity index (χ3v) is 2.39. The van der Waals surface area contributed by atoms with Crippen molar-refractivity contribution in [1.29, 1.82) is 0 Å². The Morgan fingerprint density at radius 2 is 2.33 bits per heavy atom. The van der Waals surface area contributed by atoms with Crippen LogP contribution in [0.25, 0.3) is 0 Å². The molecule has 4 nitrogen and oxygen atoms in total. The maximum Gasteiger partial charge on any atom is 0.335 e. The summed E-state index contributed by atoms with van der Waals surface area (Å²) >= 11 is 0. The molecule has 0 aromatic carbocycles. The van der Waals surface area contributed by atoms with Crippen molar-refractivity contribution >= 4 is 5.97 Å². The van der Waals surface area contributed by atoms with Crippen molar-refractivity contribution in [3.05, 3.63) is 0 Å². The van der Waals surface area contributed by atoms with Crippen molar-refractivity contribution in [2.45, 2.75) is 25.9 Å². The van der Waals surface area contributed by atoms with E-state index in [0.29, 0.717) is 13.2 Å². The largest absolute Gasteiger partial charge is 0.464 e. The fourth-order valence-electron chi connectivity index (χ4n) is 1.22. The van der Waals surface area contributed by atoms with Gasteiger partial charge in [-0.25, -0.2) is 4.79 Å². The average molecular weight is 173 g/mol. The van der Waals surface area contributed by atoms with Gasteiger partial charge in [0.25, 0.3) is 0 Å². The molecule has 1 atom stereocenters. The number of ether oxygens (including phenoxy) is 1. The molecule has 0 saturated heterocycles. The second-order valence-electron chi connectivity index (χ2n) is 3.22. The van der Waals surface area contributed by atoms with Crippen molar-refractivity contribution in [3.8, 4) is 0 Å². The lowest BCUT2D eigenvalue weighted by Gasteiger charge is -2.18. The summed E-state index contributed by atoms with van der Waals surface area (Å²) in [5, 5.41) is 9.48. The van der Waals surface area contributed by atoms with Crippen LogP contribution in [0.2, 0.25) is 0 Å². The number of carbonyl (C=O) groups excluding carboxylic acids is 1. The quantitative estimate of drug-likeness (QED) is 0.570. The summed E-state index contributed by atoms with van der Waals surface area (Å²) in [5.41, 5.74) is 5.07. The summed E-state index contributed by atoms with van der Waals surface area (Å²) in [6.07, 6.45) is 0.620. The molecule has 0 spiro atoms. The lowest BCUT2D eigenvalue weighted by atomic mass is 10.00. The molecule has 70 valence electrons. The molecule has 0 amide bonds. The molecule has 4 heteroatoms. The predicted octanol–water partition coefficient (Wildman–Crippen LogP) is -0.351. The van der Waals surface area contributed by atoms with E-state index in [1.54, 1.807) is 6.92 Å². The Morgan fingerprint density at radius 1 is 1.75 bits per heavy atom. The first-order chi connectivity index (χ1) is 5.66. The molecule has 0 bridgehead atoms. The van der Waals surface area contributed by atoms with E-state index in [-0.39, 0.29) is 5.41 Å². The first kappa shape index (κ1) is 9.48. The number of carbonyl (C=O) groups is 1. The highest BCUT2D eigenvalue weighted by molar-refractivity contribution is 5.76. The number of hydrogen-bond acceptors (Lipinski definition) is 4. The molecule has 1 saturated carbocycles. The number of nitrogens with two attached hydrogens (primary N) is 1. The molecule has 1 unspecified atom stereocenters. The molecular formula is C8H15NO3. The minimum absolute atomic E-state index is 0.302. The van der Waals surface area contributed by atoms with Crippen LogP contribution in [0.3, 0.4) is 0 Å². The van der Waals surface area contributed by atoms with E-state index in [2.05, 4.69) is 4.74 Å². The van der Waals surface area contributed by atoms with Gasteiger partial charge >= 0.3 is 5.97 Å². The Morgan fingerprint density at radius 3 is 2.67 bits per heavy atom. The van der Waals surface area contributed by atoms with Crippen LogP contribution in [0.5, 0.6) is 0 Å². The van der Waals surface area contributed by atoms with Crippen molar-refractivity contribution < 1.29 is 14.6 Å². The van der Waals surface area contributed by atoms with Gasteiger partial charge in [-0.3, -0.25) is 0 Å². The van der Waals surface area contributed by atoms with Gasteiger partial charge in [0, 0.05) is 12.0 Å². The summed E-state index contributed by atoms with van der Waals surface area (Å²) in [5.74, 6) is -0.541. The Kier molecular flexibility index (Phi) is 2.69. The number of rotatable bonds is 4. The molecule has 0 aromatic rings. The fraction of sp³-hybridized carbons (Fsp3) is 0.875. The van der Waals surface area contributed by atoms with E-state index in [9.17, 15) is 9.90 Å². The summed E-state index contributed by atoms with van der Waals surface area (Å²) in [4.78, 5) is 11.1. The lowest BCUT2D eigenvalue weighted by Crippen LogP contribution is -2.37. The molecule has 1 aliphatic carbocycles. The number of hydrogen-bond donors (Lipinski definition) is 2. The van der Waals surface area contributed by atoms with Gasteiger partial charge < -0.3 is 15.6 Å². The second kappa shape index (κ2) is 3.41. The smallest absolute Gasteiger partial charge is 0.335 e. The van der Waals surface area contributed by atoms with Crippen LogP contribution in [0.4, 0.5) is 0 Å². The van der Waals surface area contributed by atoms with E-state index in [1.807, 2.05) is 0 Å². The van der Waals surface area contributed by atoms with Crippen molar-refractivity contribution in [1.82, 2.24) is 0 Å². The third-order valence-electron chi connectivity index (χ3n) is 2.39. The molecule has 0 heterocycles. The topological polar surface area (TPSA) is 72.5 Å². The van der Waals surface area contributed by atoms with Crippen LogP contribution in [0.1, 0.15) is 19.8 Å². The van der Waals surface area contributed by atoms with Gasteiger partial charge in [0.15, 0.2) is 6.10 Å². The SMILES string of the molecule is CCOC(=O)C(O)C1(CN)CC1. The minimum atomic E-state index is -1.03. The highest BCUT2D eigenvalue weighted by atomic mass is 16.5. The van der Waals surface area contributed by atoms with Crippen LogP contribution >= 0.6 is 0 Å². The first-order valence-corrected chi connectivity index (χ1v) is 4.21. The predicted molar refractivity (Wildman–Crippen MR) is 43.4 cm³/mol. The number of esters is 1. The molecule has 1 fully saturated rings. The van der Waals surface area contributed by atoms with E-state index in [1.165, 1.54) is 0 Å². The van der Waals surface area contributed by atoms with Crippen LogP contribution in [0, 0.1) is 5.41 Å². The Labute approximate surface area is 71.7 Å². The van der Waals surface area contributed by atoms with Gasteiger partial charge in [-0.2, -0.15) is 0 Å². The maximum atomic E-state index is 11.1. The summed E-state index contributed by atoms with van der Waals surface area (Å²) in [6.45, 7) is 2.37. The highest BCUT2D eigenvalue weighted by Crippen LogP contribution is 2.47. The monoisotopic (exact) mass is 173 g/mol. The molecule has 0 aromatic heterocycles. The van der Waals surface area contributed by atoms with Crippen molar-refractivity contribution in [3.63, 3.8) is 0 Å². The zero-order valence-corrected chi connectivity index (χ0v) is 7.25. The highest BCUT2D eigenvalue weighted by Gasteiger charge is 2.51. The first-order valence-electron chi connectivity index (χ1n) is 4.21. The summed E-state index contributed by atoms with van der Waals surface area (Å²) in [6, 6.07) is 0. The fourth-order valence-corrected chi connectivity index (χ4v) is 1.22. The van der Waals surface area contributed by atoms with Gasteiger partial charge in [-0.1, -0.05) is 0 Å². The normalized spacial score (nSPS) is 21.6.